The molecule has 1 spiro atoms. The zero-order valence-corrected chi connectivity index (χ0v) is 10.5. The van der Waals surface area contributed by atoms with Crippen LogP contribution in [0, 0.1) is 0 Å². The number of hydrogen-bond donors (Lipinski definition) is 1. The number of fused-ring (bicyclic) bond motifs is 1. The van der Waals surface area contributed by atoms with Gasteiger partial charge in [0.05, 0.1) is 26.4 Å². The molecule has 1 fully saturated rings. The molecular formula is C14H18O4. The highest BCUT2D eigenvalue weighted by Gasteiger charge is 2.41. The van der Waals surface area contributed by atoms with Gasteiger partial charge in [0, 0.05) is 30.9 Å². The lowest BCUT2D eigenvalue weighted by molar-refractivity contribution is -0.0839. The molecule has 0 unspecified atom stereocenters. The summed E-state index contributed by atoms with van der Waals surface area (Å²) in [6.07, 6.45) is 1.86. The van der Waals surface area contributed by atoms with Gasteiger partial charge >= 0.3 is 0 Å². The quantitative estimate of drug-likeness (QED) is 0.828. The van der Waals surface area contributed by atoms with Crippen molar-refractivity contribution in [3.63, 3.8) is 0 Å². The summed E-state index contributed by atoms with van der Waals surface area (Å²) < 4.78 is 16.7. The monoisotopic (exact) mass is 250 g/mol. The second-order valence-corrected chi connectivity index (χ2v) is 5.02. The molecule has 0 saturated carbocycles. The zero-order valence-electron chi connectivity index (χ0n) is 10.5. The standard InChI is InChI=1S/C14H18O4/c1-16-10-2-3-11-12(15)9-14(18-13(11)8-10)4-6-17-7-5-14/h2-3,8,12,15H,4-7,9H2,1H3/t12-/m0/s1. The van der Waals surface area contributed by atoms with Crippen molar-refractivity contribution >= 4 is 0 Å². The van der Waals surface area contributed by atoms with E-state index in [1.165, 1.54) is 0 Å². The largest absolute Gasteiger partial charge is 0.497 e. The van der Waals surface area contributed by atoms with Crippen molar-refractivity contribution in [2.45, 2.75) is 31.0 Å². The van der Waals surface area contributed by atoms with Gasteiger partial charge in [0.2, 0.25) is 0 Å². The van der Waals surface area contributed by atoms with E-state index in [0.717, 1.165) is 29.9 Å². The fourth-order valence-electron chi connectivity index (χ4n) is 2.79. The Balaban J connectivity index is 1.94. The molecule has 2 aliphatic rings. The average Bonchev–Trinajstić information content (AvgIpc) is 2.38. The number of ether oxygens (including phenoxy) is 3. The normalized spacial score (nSPS) is 25.3. The minimum atomic E-state index is -0.460. The third-order valence-corrected chi connectivity index (χ3v) is 3.88. The van der Waals surface area contributed by atoms with Crippen LogP contribution in [0.25, 0.3) is 0 Å². The summed E-state index contributed by atoms with van der Waals surface area (Å²) in [6, 6.07) is 5.59. The topological polar surface area (TPSA) is 47.9 Å². The number of aliphatic hydroxyl groups is 1. The molecule has 18 heavy (non-hydrogen) atoms. The fourth-order valence-corrected chi connectivity index (χ4v) is 2.79. The van der Waals surface area contributed by atoms with Crippen molar-refractivity contribution in [3.05, 3.63) is 23.8 Å². The van der Waals surface area contributed by atoms with Crippen LogP contribution in [0.2, 0.25) is 0 Å². The van der Waals surface area contributed by atoms with Gasteiger partial charge in [-0.2, -0.15) is 0 Å². The second kappa shape index (κ2) is 4.44. The molecule has 2 aliphatic heterocycles. The predicted octanol–water partition coefficient (Wildman–Crippen LogP) is 2.06. The molecule has 0 aromatic heterocycles. The summed E-state index contributed by atoms with van der Waals surface area (Å²) in [6.45, 7) is 1.40. The lowest BCUT2D eigenvalue weighted by atomic mass is 9.83. The summed E-state index contributed by atoms with van der Waals surface area (Å²) in [5.41, 5.74) is 0.588. The Morgan fingerprint density at radius 2 is 2.11 bits per heavy atom. The first kappa shape index (κ1) is 11.8. The van der Waals surface area contributed by atoms with Gasteiger partial charge in [0.15, 0.2) is 0 Å². The van der Waals surface area contributed by atoms with Crippen molar-refractivity contribution in [3.8, 4) is 11.5 Å². The molecule has 0 bridgehead atoms. The Morgan fingerprint density at radius 1 is 1.33 bits per heavy atom. The van der Waals surface area contributed by atoms with Crippen molar-refractivity contribution in [2.24, 2.45) is 0 Å². The summed E-state index contributed by atoms with van der Waals surface area (Å²) in [5.74, 6) is 1.50. The second-order valence-electron chi connectivity index (χ2n) is 5.02. The molecule has 0 aliphatic carbocycles. The van der Waals surface area contributed by atoms with Crippen LogP contribution in [-0.2, 0) is 4.74 Å². The number of hydrogen-bond acceptors (Lipinski definition) is 4. The maximum Gasteiger partial charge on any atom is 0.129 e. The van der Waals surface area contributed by atoms with Crippen LogP contribution in [0.3, 0.4) is 0 Å². The van der Waals surface area contributed by atoms with Crippen molar-refractivity contribution in [2.75, 3.05) is 20.3 Å². The zero-order chi connectivity index (χ0) is 12.6. The van der Waals surface area contributed by atoms with E-state index >= 15 is 0 Å². The van der Waals surface area contributed by atoms with E-state index in [9.17, 15) is 5.11 Å². The van der Waals surface area contributed by atoms with E-state index in [0.29, 0.717) is 19.6 Å². The van der Waals surface area contributed by atoms with E-state index in [1.54, 1.807) is 7.11 Å². The van der Waals surface area contributed by atoms with E-state index in [1.807, 2.05) is 18.2 Å². The van der Waals surface area contributed by atoms with Gasteiger partial charge < -0.3 is 19.3 Å². The van der Waals surface area contributed by atoms with E-state index in [4.69, 9.17) is 14.2 Å². The van der Waals surface area contributed by atoms with E-state index < -0.39 is 6.10 Å². The number of aliphatic hydroxyl groups excluding tert-OH is 1. The molecule has 4 nitrogen and oxygen atoms in total. The maximum atomic E-state index is 10.3. The molecule has 0 radical (unpaired) electrons. The van der Waals surface area contributed by atoms with Gasteiger partial charge in [0.25, 0.3) is 0 Å². The number of methoxy groups -OCH3 is 1. The highest BCUT2D eigenvalue weighted by atomic mass is 16.5. The highest BCUT2D eigenvalue weighted by Crippen LogP contribution is 2.44. The van der Waals surface area contributed by atoms with Gasteiger partial charge in [-0.3, -0.25) is 0 Å². The summed E-state index contributed by atoms with van der Waals surface area (Å²) in [4.78, 5) is 0. The first-order valence-electron chi connectivity index (χ1n) is 6.35. The van der Waals surface area contributed by atoms with E-state index in [-0.39, 0.29) is 5.60 Å². The average molecular weight is 250 g/mol. The Kier molecular flexibility index (Phi) is 2.92. The predicted molar refractivity (Wildman–Crippen MR) is 66.0 cm³/mol. The number of rotatable bonds is 1. The van der Waals surface area contributed by atoms with Gasteiger partial charge in [-0.1, -0.05) is 0 Å². The lowest BCUT2D eigenvalue weighted by Gasteiger charge is -2.43. The molecule has 2 heterocycles. The smallest absolute Gasteiger partial charge is 0.129 e. The molecule has 1 N–H and O–H groups in total. The van der Waals surface area contributed by atoms with Gasteiger partial charge in [-0.05, 0) is 12.1 Å². The molecule has 1 atom stereocenters. The highest BCUT2D eigenvalue weighted by molar-refractivity contribution is 5.44. The van der Waals surface area contributed by atoms with Gasteiger partial charge in [-0.25, -0.2) is 0 Å². The number of benzene rings is 1. The summed E-state index contributed by atoms with van der Waals surface area (Å²) in [7, 11) is 1.63. The maximum absolute atomic E-state index is 10.3. The SMILES string of the molecule is COc1ccc2c(c1)OC1(CCOCC1)C[C@@H]2O. The van der Waals surface area contributed by atoms with Crippen LogP contribution in [0.4, 0.5) is 0 Å². The Hall–Kier alpha value is -1.26. The summed E-state index contributed by atoms with van der Waals surface area (Å²) in [5, 5.41) is 10.3. The van der Waals surface area contributed by atoms with Gasteiger partial charge in [0.1, 0.15) is 17.1 Å². The molecular weight excluding hydrogens is 232 g/mol. The van der Waals surface area contributed by atoms with E-state index in [2.05, 4.69) is 0 Å². The van der Waals surface area contributed by atoms with Crippen molar-refractivity contribution in [1.29, 1.82) is 0 Å². The van der Waals surface area contributed by atoms with Crippen molar-refractivity contribution < 1.29 is 19.3 Å². The summed E-state index contributed by atoms with van der Waals surface area (Å²) >= 11 is 0. The molecule has 1 saturated heterocycles. The van der Waals surface area contributed by atoms with Gasteiger partial charge in [-0.15, -0.1) is 0 Å². The first-order valence-corrected chi connectivity index (χ1v) is 6.35. The van der Waals surface area contributed by atoms with Crippen molar-refractivity contribution in [1.82, 2.24) is 0 Å². The van der Waals surface area contributed by atoms with Crippen LogP contribution in [-0.4, -0.2) is 31.0 Å². The Labute approximate surface area is 106 Å². The third kappa shape index (κ3) is 1.95. The first-order chi connectivity index (χ1) is 8.72. The van der Waals surface area contributed by atoms with Crippen LogP contribution in [0.5, 0.6) is 11.5 Å². The lowest BCUT2D eigenvalue weighted by Crippen LogP contribution is -2.45. The van der Waals surface area contributed by atoms with Crippen LogP contribution >= 0.6 is 0 Å². The minimum absolute atomic E-state index is 0.267. The molecule has 0 amide bonds. The van der Waals surface area contributed by atoms with Crippen LogP contribution < -0.4 is 9.47 Å². The molecule has 98 valence electrons. The third-order valence-electron chi connectivity index (χ3n) is 3.88. The Morgan fingerprint density at radius 3 is 2.83 bits per heavy atom. The fraction of sp³-hybridized carbons (Fsp3) is 0.571. The Bertz CT molecular complexity index is 437. The molecule has 1 aromatic carbocycles. The van der Waals surface area contributed by atoms with Crippen LogP contribution in [0.15, 0.2) is 18.2 Å². The molecule has 1 aromatic rings. The van der Waals surface area contributed by atoms with Crippen LogP contribution in [0.1, 0.15) is 30.9 Å². The molecule has 4 heteroatoms. The minimum Gasteiger partial charge on any atom is -0.497 e. The molecule has 3 rings (SSSR count).